The number of rotatable bonds is 14. The van der Waals surface area contributed by atoms with Crippen molar-refractivity contribution in [1.82, 2.24) is 16.0 Å². The predicted octanol–water partition coefficient (Wildman–Crippen LogP) is 0.765. The van der Waals surface area contributed by atoms with Crippen LogP contribution < -0.4 is 21.7 Å². The summed E-state index contributed by atoms with van der Waals surface area (Å²) in [6, 6.07) is 13.6. The maximum Gasteiger partial charge on any atom is 0.328 e. The van der Waals surface area contributed by atoms with Crippen molar-refractivity contribution in [3.05, 3.63) is 71.8 Å². The van der Waals surface area contributed by atoms with E-state index in [4.69, 9.17) is 5.73 Å². The summed E-state index contributed by atoms with van der Waals surface area (Å²) in [5, 5.41) is 26.9. The van der Waals surface area contributed by atoms with Gasteiger partial charge >= 0.3 is 5.97 Å². The Balaban J connectivity index is 2.21. The van der Waals surface area contributed by atoms with Gasteiger partial charge in [-0.3, -0.25) is 14.4 Å². The Morgan fingerprint density at radius 3 is 1.74 bits per heavy atom. The molecule has 2 aromatic rings. The number of hydrogen-bond acceptors (Lipinski definition) is 6. The number of carboxylic acids is 1. The largest absolute Gasteiger partial charge is 0.480 e. The molecule has 0 bridgehead atoms. The number of aliphatic carboxylic acids is 1. The van der Waals surface area contributed by atoms with E-state index in [2.05, 4.69) is 16.0 Å². The standard InChI is InChI=1S/C28H38N4O6/c1-4-17(2)23(31-25(34)21(29)15-19-11-7-5-8-12-19)27(36)30-22(16-20-13-9-6-10-14-20)26(35)32-24(18(3)33)28(37)38/h5-14,17-18,21-24,33H,4,15-16,29H2,1-3H3,(H,30,36)(H,31,34)(H,32,35)(H,37,38). The number of nitrogens with one attached hydrogen (secondary N) is 3. The fourth-order valence-electron chi connectivity index (χ4n) is 3.89. The summed E-state index contributed by atoms with van der Waals surface area (Å²) in [5.74, 6) is -3.56. The van der Waals surface area contributed by atoms with E-state index < -0.39 is 54.0 Å². The molecule has 0 heterocycles. The lowest BCUT2D eigenvalue weighted by Gasteiger charge is -2.28. The van der Waals surface area contributed by atoms with Crippen molar-refractivity contribution >= 4 is 23.7 Å². The first-order valence-electron chi connectivity index (χ1n) is 12.7. The van der Waals surface area contributed by atoms with Crippen molar-refractivity contribution in [3.63, 3.8) is 0 Å². The van der Waals surface area contributed by atoms with Crippen LogP contribution >= 0.6 is 0 Å². The van der Waals surface area contributed by atoms with Crippen LogP contribution in [0.15, 0.2) is 60.7 Å². The highest BCUT2D eigenvalue weighted by Crippen LogP contribution is 2.11. The van der Waals surface area contributed by atoms with E-state index in [1.54, 1.807) is 37.3 Å². The molecule has 0 spiro atoms. The van der Waals surface area contributed by atoms with Gasteiger partial charge in [-0.1, -0.05) is 80.9 Å². The smallest absolute Gasteiger partial charge is 0.328 e. The molecular weight excluding hydrogens is 488 g/mol. The molecule has 0 aliphatic carbocycles. The second-order valence-corrected chi connectivity index (χ2v) is 9.48. The number of aliphatic hydroxyl groups is 1. The Hall–Kier alpha value is -3.76. The van der Waals surface area contributed by atoms with Crippen LogP contribution in [0.2, 0.25) is 0 Å². The van der Waals surface area contributed by atoms with E-state index in [0.717, 1.165) is 11.1 Å². The number of aliphatic hydroxyl groups excluding tert-OH is 1. The van der Waals surface area contributed by atoms with Crippen molar-refractivity contribution in [1.29, 1.82) is 0 Å². The summed E-state index contributed by atoms with van der Waals surface area (Å²) < 4.78 is 0. The van der Waals surface area contributed by atoms with Gasteiger partial charge in [0.1, 0.15) is 12.1 Å². The molecule has 0 aromatic heterocycles. The average molecular weight is 527 g/mol. The number of carbonyl (C=O) groups is 4. The molecule has 6 atom stereocenters. The van der Waals surface area contributed by atoms with Crippen molar-refractivity contribution in [2.45, 2.75) is 70.3 Å². The summed E-state index contributed by atoms with van der Waals surface area (Å²) in [5.41, 5.74) is 7.72. The predicted molar refractivity (Wildman–Crippen MR) is 143 cm³/mol. The summed E-state index contributed by atoms with van der Waals surface area (Å²) >= 11 is 0. The van der Waals surface area contributed by atoms with Crippen molar-refractivity contribution in [2.24, 2.45) is 11.7 Å². The van der Waals surface area contributed by atoms with E-state index in [-0.39, 0.29) is 18.8 Å². The molecule has 2 rings (SSSR count). The highest BCUT2D eigenvalue weighted by Gasteiger charge is 2.33. The molecule has 0 radical (unpaired) electrons. The molecule has 2 aromatic carbocycles. The van der Waals surface area contributed by atoms with Crippen LogP contribution in [0.4, 0.5) is 0 Å². The zero-order valence-electron chi connectivity index (χ0n) is 22.0. The van der Waals surface area contributed by atoms with Gasteiger partial charge in [0.05, 0.1) is 12.1 Å². The first-order valence-corrected chi connectivity index (χ1v) is 12.7. The van der Waals surface area contributed by atoms with E-state index in [9.17, 15) is 29.4 Å². The molecule has 0 aliphatic rings. The van der Waals surface area contributed by atoms with E-state index >= 15 is 0 Å². The Kier molecular flexibility index (Phi) is 11.9. The minimum absolute atomic E-state index is 0.0687. The quantitative estimate of drug-likeness (QED) is 0.211. The van der Waals surface area contributed by atoms with E-state index in [1.165, 1.54) is 6.92 Å². The Bertz CT molecular complexity index is 1060. The van der Waals surface area contributed by atoms with Gasteiger partial charge in [-0.2, -0.15) is 0 Å². The molecular formula is C28H38N4O6. The number of hydrogen-bond donors (Lipinski definition) is 6. The normalized spacial score (nSPS) is 15.7. The number of carbonyl (C=O) groups excluding carboxylic acids is 3. The monoisotopic (exact) mass is 526 g/mol. The van der Waals surface area contributed by atoms with Crippen LogP contribution in [-0.4, -0.2) is 64.2 Å². The van der Waals surface area contributed by atoms with Crippen molar-refractivity contribution in [3.8, 4) is 0 Å². The van der Waals surface area contributed by atoms with Crippen LogP contribution in [0.5, 0.6) is 0 Å². The fourth-order valence-corrected chi connectivity index (χ4v) is 3.89. The number of nitrogens with two attached hydrogens (primary N) is 1. The first-order chi connectivity index (χ1) is 18.0. The molecule has 3 amide bonds. The third-order valence-corrected chi connectivity index (χ3v) is 6.39. The van der Waals surface area contributed by atoms with Crippen LogP contribution in [0, 0.1) is 5.92 Å². The molecule has 10 heteroatoms. The third-order valence-electron chi connectivity index (χ3n) is 6.39. The van der Waals surface area contributed by atoms with Gasteiger partial charge in [0, 0.05) is 6.42 Å². The lowest BCUT2D eigenvalue weighted by Crippen LogP contribution is -2.60. The Morgan fingerprint density at radius 2 is 1.26 bits per heavy atom. The molecule has 10 nitrogen and oxygen atoms in total. The highest BCUT2D eigenvalue weighted by molar-refractivity contribution is 5.94. The summed E-state index contributed by atoms with van der Waals surface area (Å²) in [6.45, 7) is 4.92. The molecule has 7 N–H and O–H groups in total. The number of carboxylic acid groups (broad SMARTS) is 1. The molecule has 206 valence electrons. The SMILES string of the molecule is CCC(C)C(NC(=O)C(N)Cc1ccccc1)C(=O)NC(Cc1ccccc1)C(=O)NC(C(=O)O)C(C)O. The highest BCUT2D eigenvalue weighted by atomic mass is 16.4. The third kappa shape index (κ3) is 9.28. The summed E-state index contributed by atoms with van der Waals surface area (Å²) in [6.07, 6.45) is -0.441. The minimum atomic E-state index is -1.56. The van der Waals surface area contributed by atoms with Crippen LogP contribution in [-0.2, 0) is 32.0 Å². The van der Waals surface area contributed by atoms with Gasteiger partial charge in [0.15, 0.2) is 6.04 Å². The Morgan fingerprint density at radius 1 is 0.763 bits per heavy atom. The molecule has 6 unspecified atom stereocenters. The first kappa shape index (κ1) is 30.5. The molecule has 0 saturated carbocycles. The minimum Gasteiger partial charge on any atom is -0.480 e. The number of benzene rings is 2. The molecule has 0 saturated heterocycles. The zero-order valence-corrected chi connectivity index (χ0v) is 22.0. The Labute approximate surface area is 223 Å². The lowest BCUT2D eigenvalue weighted by atomic mass is 9.96. The molecule has 38 heavy (non-hydrogen) atoms. The topological polar surface area (TPSA) is 171 Å². The molecule has 0 fully saturated rings. The van der Waals surface area contributed by atoms with Crippen LogP contribution in [0.25, 0.3) is 0 Å². The van der Waals surface area contributed by atoms with Gasteiger partial charge in [-0.25, -0.2) is 4.79 Å². The zero-order chi connectivity index (χ0) is 28.2. The van der Waals surface area contributed by atoms with E-state index in [1.807, 2.05) is 37.3 Å². The average Bonchev–Trinajstić information content (AvgIpc) is 2.89. The van der Waals surface area contributed by atoms with Crippen LogP contribution in [0.3, 0.4) is 0 Å². The lowest BCUT2D eigenvalue weighted by molar-refractivity contribution is -0.145. The fraction of sp³-hybridized carbons (Fsp3) is 0.429. The summed E-state index contributed by atoms with van der Waals surface area (Å²) in [4.78, 5) is 50.9. The van der Waals surface area contributed by atoms with Gasteiger partial charge in [-0.05, 0) is 30.4 Å². The van der Waals surface area contributed by atoms with Gasteiger partial charge in [0.25, 0.3) is 0 Å². The van der Waals surface area contributed by atoms with Crippen molar-refractivity contribution < 1.29 is 29.4 Å². The maximum atomic E-state index is 13.4. The molecule has 0 aliphatic heterocycles. The number of amides is 3. The van der Waals surface area contributed by atoms with Crippen LogP contribution in [0.1, 0.15) is 38.3 Å². The second-order valence-electron chi connectivity index (χ2n) is 9.48. The van der Waals surface area contributed by atoms with Crippen molar-refractivity contribution in [2.75, 3.05) is 0 Å². The maximum absolute atomic E-state index is 13.4. The van der Waals surface area contributed by atoms with Gasteiger partial charge < -0.3 is 31.9 Å². The van der Waals surface area contributed by atoms with E-state index in [0.29, 0.717) is 6.42 Å². The van der Waals surface area contributed by atoms with Gasteiger partial charge in [0.2, 0.25) is 17.7 Å². The summed E-state index contributed by atoms with van der Waals surface area (Å²) in [7, 11) is 0. The second kappa shape index (κ2) is 14.8. The van der Waals surface area contributed by atoms with Gasteiger partial charge in [-0.15, -0.1) is 0 Å².